The van der Waals surface area contributed by atoms with Gasteiger partial charge in [-0.05, 0) is 69.1 Å². The summed E-state index contributed by atoms with van der Waals surface area (Å²) in [5, 5.41) is 0. The zero-order valence-corrected chi connectivity index (χ0v) is 14.0. The van der Waals surface area contributed by atoms with Crippen LogP contribution >= 0.6 is 0 Å². The lowest BCUT2D eigenvalue weighted by Gasteiger charge is -2.50. The molecule has 0 radical (unpaired) electrons. The average Bonchev–Trinajstić information content (AvgIpc) is 2.54. The molecule has 0 N–H and O–H groups in total. The summed E-state index contributed by atoms with van der Waals surface area (Å²) in [6, 6.07) is 0. The van der Waals surface area contributed by atoms with Gasteiger partial charge >= 0.3 is 5.97 Å². The highest BCUT2D eigenvalue weighted by atomic mass is 16.5. The fourth-order valence-corrected chi connectivity index (χ4v) is 5.24. The average molecular weight is 306 g/mol. The van der Waals surface area contributed by atoms with Crippen molar-refractivity contribution in [2.75, 3.05) is 6.61 Å². The molecule has 0 aliphatic heterocycles. The van der Waals surface area contributed by atoms with Crippen molar-refractivity contribution in [3.05, 3.63) is 0 Å². The SMILES string of the molecule is CCOC(=O)[C@H]1CC2(CCC1=O)CCC1(CCCCC1)CC2. The van der Waals surface area contributed by atoms with E-state index in [2.05, 4.69) is 0 Å². The van der Waals surface area contributed by atoms with E-state index in [9.17, 15) is 9.59 Å². The molecule has 0 saturated heterocycles. The van der Waals surface area contributed by atoms with Gasteiger partial charge in [0.15, 0.2) is 0 Å². The maximum atomic E-state index is 12.1. The highest BCUT2D eigenvalue weighted by Crippen LogP contribution is 2.57. The summed E-state index contributed by atoms with van der Waals surface area (Å²) in [5.41, 5.74) is 0.846. The van der Waals surface area contributed by atoms with Crippen LogP contribution in [0, 0.1) is 16.7 Å². The van der Waals surface area contributed by atoms with Crippen LogP contribution in [0.2, 0.25) is 0 Å². The van der Waals surface area contributed by atoms with E-state index >= 15 is 0 Å². The number of rotatable bonds is 2. The zero-order valence-electron chi connectivity index (χ0n) is 14.0. The van der Waals surface area contributed by atoms with Crippen molar-refractivity contribution in [1.82, 2.24) is 0 Å². The molecule has 3 nitrogen and oxygen atoms in total. The van der Waals surface area contributed by atoms with Gasteiger partial charge in [-0.1, -0.05) is 19.3 Å². The molecule has 1 atom stereocenters. The van der Waals surface area contributed by atoms with E-state index < -0.39 is 5.92 Å². The Kier molecular flexibility index (Phi) is 4.61. The van der Waals surface area contributed by atoms with Gasteiger partial charge in [0.1, 0.15) is 11.7 Å². The third kappa shape index (κ3) is 3.09. The Morgan fingerprint density at radius 1 is 1.00 bits per heavy atom. The zero-order chi connectivity index (χ0) is 15.6. The number of hydrogen-bond donors (Lipinski definition) is 0. The van der Waals surface area contributed by atoms with Gasteiger partial charge in [-0.3, -0.25) is 9.59 Å². The monoisotopic (exact) mass is 306 g/mol. The summed E-state index contributed by atoms with van der Waals surface area (Å²) in [5.74, 6) is -0.638. The molecule has 3 saturated carbocycles. The molecule has 3 rings (SSSR count). The number of Topliss-reactive ketones (excluding diaryl/α,β-unsaturated/α-hetero) is 1. The summed E-state index contributed by atoms with van der Waals surface area (Å²) in [6.45, 7) is 2.19. The highest BCUT2D eigenvalue weighted by Gasteiger charge is 2.48. The van der Waals surface area contributed by atoms with Crippen LogP contribution in [-0.2, 0) is 14.3 Å². The first-order valence-electron chi connectivity index (χ1n) is 9.28. The quantitative estimate of drug-likeness (QED) is 0.560. The second-order valence-corrected chi connectivity index (χ2v) is 8.04. The fraction of sp³-hybridized carbons (Fsp3) is 0.895. The lowest BCUT2D eigenvalue weighted by Crippen LogP contribution is -2.43. The van der Waals surface area contributed by atoms with Crippen LogP contribution in [0.4, 0.5) is 0 Å². The van der Waals surface area contributed by atoms with Crippen molar-refractivity contribution in [3.8, 4) is 0 Å². The Morgan fingerprint density at radius 3 is 2.27 bits per heavy atom. The van der Waals surface area contributed by atoms with Crippen molar-refractivity contribution in [1.29, 1.82) is 0 Å². The smallest absolute Gasteiger partial charge is 0.316 e. The van der Waals surface area contributed by atoms with Gasteiger partial charge < -0.3 is 4.74 Å². The van der Waals surface area contributed by atoms with Gasteiger partial charge in [0, 0.05) is 6.42 Å². The Labute approximate surface area is 134 Å². The Hall–Kier alpha value is -0.860. The van der Waals surface area contributed by atoms with Crippen molar-refractivity contribution in [2.24, 2.45) is 16.7 Å². The van der Waals surface area contributed by atoms with E-state index in [1.165, 1.54) is 57.8 Å². The van der Waals surface area contributed by atoms with E-state index in [0.29, 0.717) is 18.4 Å². The molecule has 0 aromatic heterocycles. The van der Waals surface area contributed by atoms with Gasteiger partial charge in [-0.15, -0.1) is 0 Å². The molecular formula is C19H30O3. The van der Waals surface area contributed by atoms with Gasteiger partial charge in [0.25, 0.3) is 0 Å². The summed E-state index contributed by atoms with van der Waals surface area (Å²) in [7, 11) is 0. The third-order valence-electron chi connectivity index (χ3n) is 6.78. The van der Waals surface area contributed by atoms with Crippen LogP contribution < -0.4 is 0 Å². The second kappa shape index (κ2) is 6.33. The first-order valence-corrected chi connectivity index (χ1v) is 9.28. The van der Waals surface area contributed by atoms with Gasteiger partial charge in [0.2, 0.25) is 0 Å². The molecule has 0 unspecified atom stereocenters. The third-order valence-corrected chi connectivity index (χ3v) is 6.78. The van der Waals surface area contributed by atoms with E-state index in [1.807, 2.05) is 6.92 Å². The van der Waals surface area contributed by atoms with Crippen LogP contribution in [0.1, 0.15) is 84.0 Å². The van der Waals surface area contributed by atoms with Crippen molar-refractivity contribution in [2.45, 2.75) is 84.0 Å². The Bertz CT molecular complexity index is 424. The lowest BCUT2D eigenvalue weighted by atomic mass is 9.54. The number of carbonyl (C=O) groups is 2. The highest BCUT2D eigenvalue weighted by molar-refractivity contribution is 5.99. The number of ether oxygens (including phenoxy) is 1. The first-order chi connectivity index (χ1) is 10.6. The molecule has 0 heterocycles. The predicted molar refractivity (Wildman–Crippen MR) is 85.4 cm³/mol. The summed E-state index contributed by atoms with van der Waals surface area (Å²) in [6.07, 6.45) is 14.4. The van der Waals surface area contributed by atoms with E-state index in [0.717, 1.165) is 12.8 Å². The molecule has 3 aliphatic rings. The van der Waals surface area contributed by atoms with Crippen LogP contribution in [-0.4, -0.2) is 18.4 Å². The van der Waals surface area contributed by atoms with E-state index in [4.69, 9.17) is 4.74 Å². The predicted octanol–water partition coefficient (Wildman–Crippen LogP) is 4.43. The summed E-state index contributed by atoms with van der Waals surface area (Å²) >= 11 is 0. The minimum Gasteiger partial charge on any atom is -0.465 e. The van der Waals surface area contributed by atoms with Crippen LogP contribution in [0.3, 0.4) is 0 Å². The van der Waals surface area contributed by atoms with Gasteiger partial charge in [-0.25, -0.2) is 0 Å². The number of hydrogen-bond acceptors (Lipinski definition) is 3. The molecule has 2 spiro atoms. The Balaban J connectivity index is 1.64. The largest absolute Gasteiger partial charge is 0.465 e. The molecule has 3 aliphatic carbocycles. The first kappa shape index (κ1) is 16.0. The molecule has 3 heteroatoms. The van der Waals surface area contributed by atoms with E-state index in [1.54, 1.807) is 0 Å². The minimum absolute atomic E-state index is 0.113. The summed E-state index contributed by atoms with van der Waals surface area (Å²) < 4.78 is 5.14. The normalized spacial score (nSPS) is 30.4. The fourth-order valence-electron chi connectivity index (χ4n) is 5.24. The number of esters is 1. The van der Waals surface area contributed by atoms with Gasteiger partial charge in [0.05, 0.1) is 6.61 Å². The molecular weight excluding hydrogens is 276 g/mol. The molecule has 0 aromatic carbocycles. The topological polar surface area (TPSA) is 43.4 Å². The Morgan fingerprint density at radius 2 is 1.64 bits per heavy atom. The maximum absolute atomic E-state index is 12.1. The molecule has 3 fully saturated rings. The molecule has 124 valence electrons. The molecule has 22 heavy (non-hydrogen) atoms. The summed E-state index contributed by atoms with van der Waals surface area (Å²) in [4.78, 5) is 24.2. The number of carbonyl (C=O) groups excluding carboxylic acids is 2. The maximum Gasteiger partial charge on any atom is 0.316 e. The number of ketones is 1. The molecule has 0 aromatic rings. The standard InChI is InChI=1S/C19H30O3/c1-2-22-17(21)15-14-19(9-6-16(15)20)12-10-18(11-13-19)7-4-3-5-8-18/h15H,2-14H2,1H3/t15-/m0/s1. The lowest BCUT2D eigenvalue weighted by molar-refractivity contribution is -0.156. The van der Waals surface area contributed by atoms with Crippen LogP contribution in [0.25, 0.3) is 0 Å². The molecule has 0 amide bonds. The van der Waals surface area contributed by atoms with Crippen LogP contribution in [0.15, 0.2) is 0 Å². The minimum atomic E-state index is -0.478. The van der Waals surface area contributed by atoms with Crippen LogP contribution in [0.5, 0.6) is 0 Å². The van der Waals surface area contributed by atoms with Crippen molar-refractivity contribution >= 4 is 11.8 Å². The van der Waals surface area contributed by atoms with Crippen molar-refractivity contribution in [3.63, 3.8) is 0 Å². The van der Waals surface area contributed by atoms with Crippen molar-refractivity contribution < 1.29 is 14.3 Å². The van der Waals surface area contributed by atoms with E-state index in [-0.39, 0.29) is 17.2 Å². The second-order valence-electron chi connectivity index (χ2n) is 8.04. The van der Waals surface area contributed by atoms with Gasteiger partial charge in [-0.2, -0.15) is 0 Å². The molecule has 0 bridgehead atoms.